The summed E-state index contributed by atoms with van der Waals surface area (Å²) < 4.78 is 39.2. The van der Waals surface area contributed by atoms with Crippen LogP contribution in [0, 0.1) is 0 Å². The number of hydrogen-bond donors (Lipinski definition) is 1. The largest absolute Gasteiger partial charge is 0.481 e. The Hall–Kier alpha value is -2.83. The Morgan fingerprint density at radius 1 is 1.29 bits per heavy atom. The number of allylic oxidation sites excluding steroid dienone is 3. The van der Waals surface area contributed by atoms with Gasteiger partial charge in [-0.2, -0.15) is 13.2 Å². The van der Waals surface area contributed by atoms with Crippen molar-refractivity contribution in [1.29, 1.82) is 0 Å². The standard InChI is InChI=1S/C21H24F3NO3/c1-4-15(3)10-16(11-20(27)28)6-7-17-8-9-19(21(22,23)24)12-18(17)13-25(5-2)14-26/h6-10,12,14H,3-5,11,13H2,1-2H3,(H,27,28)/b7-6+,16-10+. The van der Waals surface area contributed by atoms with E-state index in [1.807, 2.05) is 6.92 Å². The molecule has 0 heterocycles. The monoisotopic (exact) mass is 395 g/mol. The van der Waals surface area contributed by atoms with Crippen molar-refractivity contribution in [2.24, 2.45) is 0 Å². The highest BCUT2D eigenvalue weighted by molar-refractivity contribution is 5.72. The van der Waals surface area contributed by atoms with Gasteiger partial charge in [0, 0.05) is 13.1 Å². The number of amides is 1. The number of hydrogen-bond acceptors (Lipinski definition) is 2. The van der Waals surface area contributed by atoms with Gasteiger partial charge in [-0.1, -0.05) is 43.4 Å². The molecule has 0 atom stereocenters. The van der Waals surface area contributed by atoms with Crippen LogP contribution < -0.4 is 0 Å². The third-order valence-corrected chi connectivity index (χ3v) is 4.07. The Balaban J connectivity index is 3.33. The molecule has 1 aromatic rings. The molecule has 0 fully saturated rings. The molecule has 1 amide bonds. The Labute approximate surface area is 162 Å². The fraction of sp³-hybridized carbons (Fsp3) is 0.333. The van der Waals surface area contributed by atoms with Crippen LogP contribution in [0.15, 0.2) is 48.1 Å². The van der Waals surface area contributed by atoms with Gasteiger partial charge in [0.1, 0.15) is 0 Å². The molecule has 0 aliphatic carbocycles. The fourth-order valence-corrected chi connectivity index (χ4v) is 2.42. The first-order valence-electron chi connectivity index (χ1n) is 8.78. The first kappa shape index (κ1) is 23.2. The molecule has 0 unspecified atom stereocenters. The third-order valence-electron chi connectivity index (χ3n) is 4.07. The topological polar surface area (TPSA) is 57.6 Å². The highest BCUT2D eigenvalue weighted by atomic mass is 19.4. The van der Waals surface area contributed by atoms with Crippen molar-refractivity contribution in [2.75, 3.05) is 6.54 Å². The van der Waals surface area contributed by atoms with Crippen molar-refractivity contribution in [1.82, 2.24) is 4.90 Å². The lowest BCUT2D eigenvalue weighted by atomic mass is 10.0. The molecule has 1 N–H and O–H groups in total. The van der Waals surface area contributed by atoms with Crippen molar-refractivity contribution in [3.8, 4) is 0 Å². The number of rotatable bonds is 10. The van der Waals surface area contributed by atoms with Gasteiger partial charge in [-0.05, 0) is 42.2 Å². The zero-order chi connectivity index (χ0) is 21.3. The van der Waals surface area contributed by atoms with E-state index in [2.05, 4.69) is 6.58 Å². The molecule has 0 radical (unpaired) electrons. The minimum Gasteiger partial charge on any atom is -0.481 e. The smallest absolute Gasteiger partial charge is 0.416 e. The molecule has 0 saturated heterocycles. The third kappa shape index (κ3) is 7.42. The van der Waals surface area contributed by atoms with Crippen LogP contribution in [0.3, 0.4) is 0 Å². The second-order valence-corrected chi connectivity index (χ2v) is 6.21. The number of carbonyl (C=O) groups excluding carboxylic acids is 1. The van der Waals surface area contributed by atoms with Gasteiger partial charge in [-0.3, -0.25) is 9.59 Å². The van der Waals surface area contributed by atoms with Crippen molar-refractivity contribution in [3.05, 3.63) is 64.8 Å². The molecule has 0 bridgehead atoms. The van der Waals surface area contributed by atoms with Gasteiger partial charge in [0.15, 0.2) is 0 Å². The highest BCUT2D eigenvalue weighted by Gasteiger charge is 2.30. The summed E-state index contributed by atoms with van der Waals surface area (Å²) in [5, 5.41) is 9.06. The average Bonchev–Trinajstić information content (AvgIpc) is 2.63. The Morgan fingerprint density at radius 2 is 1.96 bits per heavy atom. The first-order valence-corrected chi connectivity index (χ1v) is 8.78. The van der Waals surface area contributed by atoms with Gasteiger partial charge in [0.25, 0.3) is 0 Å². The van der Waals surface area contributed by atoms with Crippen LogP contribution in [0.4, 0.5) is 13.2 Å². The van der Waals surface area contributed by atoms with Gasteiger partial charge < -0.3 is 10.0 Å². The van der Waals surface area contributed by atoms with E-state index in [1.165, 1.54) is 11.0 Å². The predicted octanol–water partition coefficient (Wildman–Crippen LogP) is 5.06. The second kappa shape index (κ2) is 10.5. The fourth-order valence-electron chi connectivity index (χ4n) is 2.42. The molecule has 1 aromatic carbocycles. The van der Waals surface area contributed by atoms with Crippen LogP contribution in [0.1, 0.15) is 43.4 Å². The molecule has 0 aliphatic rings. The van der Waals surface area contributed by atoms with Crippen molar-refractivity contribution in [3.63, 3.8) is 0 Å². The molecule has 28 heavy (non-hydrogen) atoms. The quantitative estimate of drug-likeness (QED) is 0.445. The van der Waals surface area contributed by atoms with Crippen molar-refractivity contribution in [2.45, 2.75) is 39.4 Å². The summed E-state index contributed by atoms with van der Waals surface area (Å²) in [7, 11) is 0. The Kier molecular flexibility index (Phi) is 8.70. The highest BCUT2D eigenvalue weighted by Crippen LogP contribution is 2.31. The molecule has 0 spiro atoms. The van der Waals surface area contributed by atoms with Crippen molar-refractivity contribution >= 4 is 18.5 Å². The Bertz CT molecular complexity index is 780. The SMILES string of the molecule is C=C(/C=C(\C=C\c1ccc(C(F)(F)F)cc1CN(C=O)CC)CC(=O)O)CC. The minimum atomic E-state index is -4.50. The maximum absolute atomic E-state index is 13.1. The summed E-state index contributed by atoms with van der Waals surface area (Å²) in [6, 6.07) is 3.30. The molecular weight excluding hydrogens is 371 g/mol. The van der Waals surface area contributed by atoms with Gasteiger partial charge in [-0.15, -0.1) is 0 Å². The molecule has 1 rings (SSSR count). The number of nitrogens with zero attached hydrogens (tertiary/aromatic N) is 1. The number of carboxylic acid groups (broad SMARTS) is 1. The number of benzene rings is 1. The predicted molar refractivity (Wildman–Crippen MR) is 102 cm³/mol. The summed E-state index contributed by atoms with van der Waals surface area (Å²) in [6.45, 7) is 7.79. The van der Waals surface area contributed by atoms with E-state index in [1.54, 1.807) is 25.2 Å². The lowest BCUT2D eigenvalue weighted by molar-refractivity contribution is -0.138. The van der Waals surface area contributed by atoms with Crippen LogP contribution in [0.2, 0.25) is 0 Å². The lowest BCUT2D eigenvalue weighted by Crippen LogP contribution is -2.21. The normalized spacial score (nSPS) is 12.2. The molecule has 0 aromatic heterocycles. The van der Waals surface area contributed by atoms with Crippen LogP contribution in [0.5, 0.6) is 0 Å². The van der Waals surface area contributed by atoms with Gasteiger partial charge in [0.05, 0.1) is 12.0 Å². The van der Waals surface area contributed by atoms with Crippen LogP contribution in [-0.4, -0.2) is 28.9 Å². The lowest BCUT2D eigenvalue weighted by Gasteiger charge is -2.18. The number of halogens is 3. The van der Waals surface area contributed by atoms with E-state index in [-0.39, 0.29) is 13.0 Å². The molecular formula is C21H24F3NO3. The first-order chi connectivity index (χ1) is 13.1. The molecule has 152 valence electrons. The van der Waals surface area contributed by atoms with Gasteiger partial charge in [-0.25, -0.2) is 0 Å². The summed E-state index contributed by atoms with van der Waals surface area (Å²) >= 11 is 0. The molecule has 0 aliphatic heterocycles. The maximum atomic E-state index is 13.1. The number of alkyl halides is 3. The minimum absolute atomic E-state index is 0.0171. The van der Waals surface area contributed by atoms with E-state index in [9.17, 15) is 22.8 Å². The van der Waals surface area contributed by atoms with E-state index >= 15 is 0 Å². The number of carbonyl (C=O) groups is 2. The summed E-state index contributed by atoms with van der Waals surface area (Å²) in [4.78, 5) is 23.5. The molecule has 0 saturated carbocycles. The van der Waals surface area contributed by atoms with Crippen LogP contribution >= 0.6 is 0 Å². The molecule has 4 nitrogen and oxygen atoms in total. The zero-order valence-electron chi connectivity index (χ0n) is 15.9. The second-order valence-electron chi connectivity index (χ2n) is 6.21. The van der Waals surface area contributed by atoms with E-state index in [0.29, 0.717) is 36.1 Å². The zero-order valence-corrected chi connectivity index (χ0v) is 15.9. The maximum Gasteiger partial charge on any atom is 0.416 e. The summed E-state index contributed by atoms with van der Waals surface area (Å²) in [5.74, 6) is -1.02. The average molecular weight is 395 g/mol. The van der Waals surface area contributed by atoms with E-state index in [4.69, 9.17) is 5.11 Å². The number of aliphatic carboxylic acids is 1. The summed E-state index contributed by atoms with van der Waals surface area (Å²) in [5.41, 5.74) is 1.22. The van der Waals surface area contributed by atoms with Gasteiger partial charge >= 0.3 is 12.1 Å². The van der Waals surface area contributed by atoms with Crippen LogP contribution in [0.25, 0.3) is 6.08 Å². The van der Waals surface area contributed by atoms with Crippen molar-refractivity contribution < 1.29 is 27.9 Å². The van der Waals surface area contributed by atoms with Gasteiger partial charge in [0.2, 0.25) is 6.41 Å². The molecule has 7 heteroatoms. The summed E-state index contributed by atoms with van der Waals surface area (Å²) in [6.07, 6.45) is 1.26. The van der Waals surface area contributed by atoms with Crippen LogP contribution in [-0.2, 0) is 22.3 Å². The number of carboxylic acids is 1. The van der Waals surface area contributed by atoms with E-state index < -0.39 is 17.7 Å². The Morgan fingerprint density at radius 3 is 2.46 bits per heavy atom. The van der Waals surface area contributed by atoms with E-state index in [0.717, 1.165) is 17.7 Å².